The van der Waals surface area contributed by atoms with Crippen molar-refractivity contribution in [2.45, 2.75) is 20.3 Å². The summed E-state index contributed by atoms with van der Waals surface area (Å²) in [4.78, 5) is 27.3. The van der Waals surface area contributed by atoms with Crippen LogP contribution in [0.25, 0.3) is 10.6 Å². The van der Waals surface area contributed by atoms with E-state index in [0.29, 0.717) is 10.6 Å². The fourth-order valence-electron chi connectivity index (χ4n) is 1.79. The zero-order chi connectivity index (χ0) is 15.4. The van der Waals surface area contributed by atoms with Gasteiger partial charge in [-0.25, -0.2) is 9.78 Å². The van der Waals surface area contributed by atoms with Gasteiger partial charge in [0.25, 0.3) is 5.91 Å². The monoisotopic (exact) mass is 304 g/mol. The lowest BCUT2D eigenvalue weighted by molar-refractivity contribution is -0.121. The molecule has 0 aliphatic heterocycles. The van der Waals surface area contributed by atoms with E-state index in [0.717, 1.165) is 17.0 Å². The first-order valence-corrected chi connectivity index (χ1v) is 7.35. The highest BCUT2D eigenvalue weighted by molar-refractivity contribution is 7.17. The van der Waals surface area contributed by atoms with Crippen molar-refractivity contribution in [3.8, 4) is 10.6 Å². The number of esters is 1. The molecule has 1 heterocycles. The standard InChI is InChI=1S/C15H16N2O3S/c1-3-10-4-6-11(7-5-10)14-17-9(2)13(21-14)15(19)20-8-12(16)18/h4-7H,3,8H2,1-2H3,(H2,16,18). The van der Waals surface area contributed by atoms with Gasteiger partial charge < -0.3 is 10.5 Å². The van der Waals surface area contributed by atoms with Crippen LogP contribution in [-0.4, -0.2) is 23.5 Å². The largest absolute Gasteiger partial charge is 0.451 e. The summed E-state index contributed by atoms with van der Waals surface area (Å²) in [7, 11) is 0. The van der Waals surface area contributed by atoms with Crippen LogP contribution in [0.15, 0.2) is 24.3 Å². The van der Waals surface area contributed by atoms with E-state index in [-0.39, 0.29) is 0 Å². The molecular formula is C15H16N2O3S. The molecule has 21 heavy (non-hydrogen) atoms. The Bertz CT molecular complexity index is 662. The van der Waals surface area contributed by atoms with E-state index >= 15 is 0 Å². The molecule has 0 unspecified atom stereocenters. The van der Waals surface area contributed by atoms with Crippen molar-refractivity contribution in [2.75, 3.05) is 6.61 Å². The van der Waals surface area contributed by atoms with Crippen molar-refractivity contribution in [1.82, 2.24) is 4.98 Å². The van der Waals surface area contributed by atoms with Crippen LogP contribution in [0, 0.1) is 6.92 Å². The smallest absolute Gasteiger partial charge is 0.350 e. The molecule has 0 spiro atoms. The number of benzene rings is 1. The summed E-state index contributed by atoms with van der Waals surface area (Å²) in [6.07, 6.45) is 0.974. The second-order valence-electron chi connectivity index (χ2n) is 4.53. The van der Waals surface area contributed by atoms with Gasteiger partial charge in [0.15, 0.2) is 6.61 Å². The Morgan fingerprint density at radius 2 is 1.95 bits per heavy atom. The molecule has 0 atom stereocenters. The number of hydrogen-bond acceptors (Lipinski definition) is 5. The number of hydrogen-bond donors (Lipinski definition) is 1. The number of carbonyl (C=O) groups is 2. The molecule has 0 radical (unpaired) electrons. The minimum atomic E-state index is -0.680. The molecule has 0 aliphatic rings. The quantitative estimate of drug-likeness (QED) is 0.859. The molecule has 1 aromatic carbocycles. The van der Waals surface area contributed by atoms with E-state index in [2.05, 4.69) is 11.9 Å². The Balaban J connectivity index is 2.21. The number of aromatic nitrogens is 1. The van der Waals surface area contributed by atoms with Crippen LogP contribution in [0.3, 0.4) is 0 Å². The lowest BCUT2D eigenvalue weighted by Gasteiger charge is -1.99. The van der Waals surface area contributed by atoms with Crippen molar-refractivity contribution >= 4 is 23.2 Å². The number of primary amides is 1. The number of ether oxygens (including phenoxy) is 1. The van der Waals surface area contributed by atoms with E-state index in [4.69, 9.17) is 10.5 Å². The minimum Gasteiger partial charge on any atom is -0.451 e. The van der Waals surface area contributed by atoms with Crippen LogP contribution in [0.5, 0.6) is 0 Å². The molecule has 2 rings (SSSR count). The highest BCUT2D eigenvalue weighted by Gasteiger charge is 2.18. The Morgan fingerprint density at radius 3 is 2.52 bits per heavy atom. The van der Waals surface area contributed by atoms with Gasteiger partial charge in [0.1, 0.15) is 9.88 Å². The van der Waals surface area contributed by atoms with Gasteiger partial charge in [0.2, 0.25) is 0 Å². The zero-order valence-corrected chi connectivity index (χ0v) is 12.7. The number of carbonyl (C=O) groups excluding carboxylic acids is 2. The molecule has 0 fully saturated rings. The maximum atomic E-state index is 11.9. The summed E-state index contributed by atoms with van der Waals surface area (Å²) in [5.41, 5.74) is 7.74. The number of aryl methyl sites for hydroxylation is 2. The number of nitrogens with two attached hydrogens (primary N) is 1. The van der Waals surface area contributed by atoms with Crippen molar-refractivity contribution < 1.29 is 14.3 Å². The van der Waals surface area contributed by atoms with Crippen molar-refractivity contribution in [3.63, 3.8) is 0 Å². The summed E-state index contributed by atoms with van der Waals surface area (Å²) < 4.78 is 4.81. The molecule has 0 aliphatic carbocycles. The topological polar surface area (TPSA) is 82.3 Å². The molecule has 0 saturated heterocycles. The highest BCUT2D eigenvalue weighted by Crippen LogP contribution is 2.28. The third-order valence-corrected chi connectivity index (χ3v) is 4.12. The van der Waals surface area contributed by atoms with Crippen LogP contribution in [0.4, 0.5) is 0 Å². The van der Waals surface area contributed by atoms with Gasteiger partial charge in [-0.05, 0) is 18.9 Å². The lowest BCUT2D eigenvalue weighted by atomic mass is 10.1. The Hall–Kier alpha value is -2.21. The molecule has 2 aromatic rings. The normalized spacial score (nSPS) is 10.4. The van der Waals surface area contributed by atoms with E-state index in [1.807, 2.05) is 24.3 Å². The van der Waals surface area contributed by atoms with Gasteiger partial charge in [-0.2, -0.15) is 0 Å². The first-order valence-electron chi connectivity index (χ1n) is 6.53. The summed E-state index contributed by atoms with van der Waals surface area (Å²) in [5, 5.41) is 0.751. The maximum absolute atomic E-state index is 11.9. The molecule has 0 saturated carbocycles. The van der Waals surface area contributed by atoms with Crippen molar-refractivity contribution in [1.29, 1.82) is 0 Å². The number of thiazole rings is 1. The van der Waals surface area contributed by atoms with Gasteiger partial charge in [0, 0.05) is 5.56 Å². The fourth-order valence-corrected chi connectivity index (χ4v) is 2.76. The first kappa shape index (κ1) is 15.2. The molecular weight excluding hydrogens is 288 g/mol. The second kappa shape index (κ2) is 6.49. The predicted octanol–water partition coefficient (Wildman–Crippen LogP) is 2.32. The predicted molar refractivity (Wildman–Crippen MR) is 81.1 cm³/mol. The Labute approximate surface area is 126 Å². The number of nitrogens with zero attached hydrogens (tertiary/aromatic N) is 1. The maximum Gasteiger partial charge on any atom is 0.350 e. The number of rotatable bonds is 5. The van der Waals surface area contributed by atoms with Crippen molar-refractivity contribution in [2.24, 2.45) is 5.73 Å². The molecule has 0 bridgehead atoms. The van der Waals surface area contributed by atoms with E-state index in [9.17, 15) is 9.59 Å². The third kappa shape index (κ3) is 3.66. The SMILES string of the molecule is CCc1ccc(-c2nc(C)c(C(=O)OCC(N)=O)s2)cc1. The summed E-state index contributed by atoms with van der Waals surface area (Å²) in [6.45, 7) is 3.41. The Kier molecular flexibility index (Phi) is 4.70. The third-order valence-electron chi connectivity index (χ3n) is 2.94. The summed E-state index contributed by atoms with van der Waals surface area (Å²) in [5.74, 6) is -1.25. The molecule has 110 valence electrons. The van der Waals surface area contributed by atoms with Crippen LogP contribution >= 0.6 is 11.3 Å². The van der Waals surface area contributed by atoms with Crippen LogP contribution in [-0.2, 0) is 16.0 Å². The van der Waals surface area contributed by atoms with Gasteiger partial charge in [-0.1, -0.05) is 31.2 Å². The molecule has 1 amide bonds. The van der Waals surface area contributed by atoms with E-state index in [1.165, 1.54) is 16.9 Å². The van der Waals surface area contributed by atoms with Gasteiger partial charge in [-0.15, -0.1) is 11.3 Å². The van der Waals surface area contributed by atoms with E-state index in [1.54, 1.807) is 6.92 Å². The summed E-state index contributed by atoms with van der Waals surface area (Å²) in [6, 6.07) is 8.04. The number of amides is 1. The average molecular weight is 304 g/mol. The fraction of sp³-hybridized carbons (Fsp3) is 0.267. The van der Waals surface area contributed by atoms with Gasteiger partial charge >= 0.3 is 5.97 Å². The molecule has 1 aromatic heterocycles. The first-order chi connectivity index (χ1) is 10.0. The van der Waals surface area contributed by atoms with Gasteiger partial charge in [-0.3, -0.25) is 4.79 Å². The molecule has 2 N–H and O–H groups in total. The average Bonchev–Trinajstić information content (AvgIpc) is 2.87. The Morgan fingerprint density at radius 1 is 1.29 bits per heavy atom. The van der Waals surface area contributed by atoms with Crippen LogP contribution in [0.2, 0.25) is 0 Å². The molecule has 6 heteroatoms. The lowest BCUT2D eigenvalue weighted by Crippen LogP contribution is -2.20. The minimum absolute atomic E-state index is 0.394. The van der Waals surface area contributed by atoms with Crippen molar-refractivity contribution in [3.05, 3.63) is 40.4 Å². The van der Waals surface area contributed by atoms with Crippen LogP contribution in [0.1, 0.15) is 27.9 Å². The van der Waals surface area contributed by atoms with Crippen LogP contribution < -0.4 is 5.73 Å². The van der Waals surface area contributed by atoms with E-state index < -0.39 is 18.5 Å². The molecule has 5 nitrogen and oxygen atoms in total. The summed E-state index contributed by atoms with van der Waals surface area (Å²) >= 11 is 1.25. The van der Waals surface area contributed by atoms with Gasteiger partial charge in [0.05, 0.1) is 5.69 Å². The second-order valence-corrected chi connectivity index (χ2v) is 5.53. The zero-order valence-electron chi connectivity index (χ0n) is 11.9. The highest BCUT2D eigenvalue weighted by atomic mass is 32.1.